The zero-order chi connectivity index (χ0) is 14.8. The van der Waals surface area contributed by atoms with Gasteiger partial charge in [0.15, 0.2) is 11.6 Å². The Labute approximate surface area is 118 Å². The molecule has 3 aromatic rings. The van der Waals surface area contributed by atoms with Crippen LogP contribution in [-0.2, 0) is 6.54 Å². The first kappa shape index (κ1) is 13.4. The molecule has 0 saturated carbocycles. The van der Waals surface area contributed by atoms with E-state index in [-0.39, 0.29) is 0 Å². The molecule has 0 spiro atoms. The van der Waals surface area contributed by atoms with E-state index in [1.165, 1.54) is 12.1 Å². The predicted octanol–water partition coefficient (Wildman–Crippen LogP) is 3.41. The molecule has 3 nitrogen and oxygen atoms in total. The molecular formula is C15H10F3N3. The van der Waals surface area contributed by atoms with Crippen LogP contribution in [0.25, 0.3) is 11.3 Å². The molecule has 106 valence electrons. The smallest absolute Gasteiger partial charge is 0.159 e. The van der Waals surface area contributed by atoms with Crippen LogP contribution in [0, 0.1) is 17.5 Å². The molecule has 0 unspecified atom stereocenters. The molecule has 0 atom stereocenters. The molecule has 0 radical (unpaired) electrons. The first-order valence-electron chi connectivity index (χ1n) is 6.20. The van der Waals surface area contributed by atoms with E-state index in [9.17, 15) is 13.2 Å². The van der Waals surface area contributed by atoms with Crippen LogP contribution in [0.4, 0.5) is 13.2 Å². The lowest BCUT2D eigenvalue weighted by molar-refractivity contribution is 0.509. The number of nitrogens with zero attached hydrogens (tertiary/aromatic N) is 3. The predicted molar refractivity (Wildman–Crippen MR) is 70.9 cm³/mol. The maximum Gasteiger partial charge on any atom is 0.159 e. The van der Waals surface area contributed by atoms with Gasteiger partial charge in [-0.3, -0.25) is 9.67 Å². The molecule has 1 aromatic carbocycles. The van der Waals surface area contributed by atoms with E-state index in [1.54, 1.807) is 23.1 Å². The van der Waals surface area contributed by atoms with Crippen LogP contribution in [0.1, 0.15) is 5.56 Å². The summed E-state index contributed by atoms with van der Waals surface area (Å²) in [6.07, 6.45) is 4.35. The van der Waals surface area contributed by atoms with Crippen molar-refractivity contribution in [3.05, 3.63) is 71.9 Å². The van der Waals surface area contributed by atoms with Gasteiger partial charge in [-0.05, 0) is 35.9 Å². The number of aromatic nitrogens is 3. The fraction of sp³-hybridized carbons (Fsp3) is 0.0667. The Kier molecular flexibility index (Phi) is 3.43. The highest BCUT2D eigenvalue weighted by Gasteiger charge is 2.07. The van der Waals surface area contributed by atoms with Gasteiger partial charge in [0.25, 0.3) is 0 Å². The number of benzene rings is 1. The number of halogens is 3. The van der Waals surface area contributed by atoms with Crippen molar-refractivity contribution in [2.45, 2.75) is 6.54 Å². The molecule has 2 heterocycles. The first-order valence-corrected chi connectivity index (χ1v) is 6.20. The largest absolute Gasteiger partial charge is 0.268 e. The van der Waals surface area contributed by atoms with E-state index in [1.807, 2.05) is 0 Å². The van der Waals surface area contributed by atoms with Gasteiger partial charge in [-0.15, -0.1) is 0 Å². The molecule has 3 rings (SSSR count). The Bertz CT molecular complexity index is 783. The molecule has 0 fully saturated rings. The van der Waals surface area contributed by atoms with Crippen LogP contribution in [0.3, 0.4) is 0 Å². The van der Waals surface area contributed by atoms with Crippen molar-refractivity contribution < 1.29 is 13.2 Å². The highest BCUT2D eigenvalue weighted by Crippen LogP contribution is 2.19. The average Bonchev–Trinajstić information content (AvgIpc) is 2.90. The second-order valence-corrected chi connectivity index (χ2v) is 4.54. The van der Waals surface area contributed by atoms with Gasteiger partial charge in [0.1, 0.15) is 5.82 Å². The van der Waals surface area contributed by atoms with Crippen molar-refractivity contribution in [1.82, 2.24) is 14.8 Å². The second kappa shape index (κ2) is 5.40. The highest BCUT2D eigenvalue weighted by molar-refractivity contribution is 5.58. The molecule has 0 N–H and O–H groups in total. The highest BCUT2D eigenvalue weighted by atomic mass is 19.2. The zero-order valence-electron chi connectivity index (χ0n) is 10.8. The normalized spacial score (nSPS) is 10.8. The maximum absolute atomic E-state index is 13.2. The van der Waals surface area contributed by atoms with Crippen molar-refractivity contribution in [2.24, 2.45) is 0 Å². The molecule has 0 amide bonds. The third-order valence-corrected chi connectivity index (χ3v) is 2.96. The van der Waals surface area contributed by atoms with E-state index in [4.69, 9.17) is 0 Å². The van der Waals surface area contributed by atoms with E-state index in [0.29, 0.717) is 23.4 Å². The Balaban J connectivity index is 1.84. The van der Waals surface area contributed by atoms with Gasteiger partial charge in [-0.2, -0.15) is 5.10 Å². The molecule has 0 aliphatic carbocycles. The fourth-order valence-corrected chi connectivity index (χ4v) is 1.99. The lowest BCUT2D eigenvalue weighted by Crippen LogP contribution is -2.01. The molecule has 0 aliphatic heterocycles. The topological polar surface area (TPSA) is 30.7 Å². The molecule has 0 aliphatic rings. The van der Waals surface area contributed by atoms with E-state index in [2.05, 4.69) is 10.1 Å². The van der Waals surface area contributed by atoms with Gasteiger partial charge >= 0.3 is 0 Å². The third-order valence-electron chi connectivity index (χ3n) is 2.96. The molecule has 0 saturated heterocycles. The summed E-state index contributed by atoms with van der Waals surface area (Å²) in [6.45, 7) is 0.342. The SMILES string of the molecule is Fc1cncc(Cn2ccc(-c3ccc(F)c(F)c3)n2)c1. The van der Waals surface area contributed by atoms with Crippen LogP contribution >= 0.6 is 0 Å². The Morgan fingerprint density at radius 3 is 2.57 bits per heavy atom. The summed E-state index contributed by atoms with van der Waals surface area (Å²) in [4.78, 5) is 3.76. The minimum atomic E-state index is -0.920. The molecular weight excluding hydrogens is 279 g/mol. The first-order chi connectivity index (χ1) is 10.1. The summed E-state index contributed by atoms with van der Waals surface area (Å²) >= 11 is 0. The summed E-state index contributed by atoms with van der Waals surface area (Å²) in [7, 11) is 0. The fourth-order valence-electron chi connectivity index (χ4n) is 1.99. The van der Waals surface area contributed by atoms with E-state index in [0.717, 1.165) is 18.3 Å². The van der Waals surface area contributed by atoms with Gasteiger partial charge in [-0.1, -0.05) is 0 Å². The number of hydrogen-bond donors (Lipinski definition) is 0. The van der Waals surface area contributed by atoms with Gasteiger partial charge in [0.2, 0.25) is 0 Å². The molecule has 0 bridgehead atoms. The Hall–Kier alpha value is -2.63. The molecule has 6 heteroatoms. The molecule has 2 aromatic heterocycles. The maximum atomic E-state index is 13.2. The van der Waals surface area contributed by atoms with E-state index < -0.39 is 17.5 Å². The van der Waals surface area contributed by atoms with Crippen molar-refractivity contribution in [2.75, 3.05) is 0 Å². The van der Waals surface area contributed by atoms with Crippen molar-refractivity contribution >= 4 is 0 Å². The summed E-state index contributed by atoms with van der Waals surface area (Å²) in [5, 5.41) is 4.25. The number of pyridine rings is 1. The minimum Gasteiger partial charge on any atom is -0.268 e. The van der Waals surface area contributed by atoms with Crippen molar-refractivity contribution in [3.8, 4) is 11.3 Å². The van der Waals surface area contributed by atoms with Crippen LogP contribution < -0.4 is 0 Å². The lowest BCUT2D eigenvalue weighted by Gasteiger charge is -2.02. The van der Waals surface area contributed by atoms with Crippen molar-refractivity contribution in [1.29, 1.82) is 0 Å². The van der Waals surface area contributed by atoms with Crippen LogP contribution in [0.5, 0.6) is 0 Å². The van der Waals surface area contributed by atoms with Gasteiger partial charge in [0, 0.05) is 18.0 Å². The summed E-state index contributed by atoms with van der Waals surface area (Å²) in [5.41, 5.74) is 1.65. The standard InChI is InChI=1S/C15H10F3N3/c16-12-5-10(7-19-8-12)9-21-4-3-15(20-21)11-1-2-13(17)14(18)6-11/h1-8H,9H2. The Morgan fingerprint density at radius 2 is 1.81 bits per heavy atom. The zero-order valence-corrected chi connectivity index (χ0v) is 10.8. The van der Waals surface area contributed by atoms with Crippen LogP contribution in [0.2, 0.25) is 0 Å². The monoisotopic (exact) mass is 289 g/mol. The Morgan fingerprint density at radius 1 is 0.952 bits per heavy atom. The second-order valence-electron chi connectivity index (χ2n) is 4.54. The van der Waals surface area contributed by atoms with Gasteiger partial charge < -0.3 is 0 Å². The number of rotatable bonds is 3. The van der Waals surface area contributed by atoms with Crippen LogP contribution in [0.15, 0.2) is 48.9 Å². The average molecular weight is 289 g/mol. The van der Waals surface area contributed by atoms with Gasteiger partial charge in [0.05, 0.1) is 18.4 Å². The summed E-state index contributed by atoms with van der Waals surface area (Å²) in [6, 6.07) is 6.64. The quantitative estimate of drug-likeness (QED) is 0.739. The van der Waals surface area contributed by atoms with E-state index >= 15 is 0 Å². The minimum absolute atomic E-state index is 0.342. The summed E-state index contributed by atoms with van der Waals surface area (Å²) in [5.74, 6) is -2.24. The lowest BCUT2D eigenvalue weighted by atomic mass is 10.1. The van der Waals surface area contributed by atoms with Crippen LogP contribution in [-0.4, -0.2) is 14.8 Å². The van der Waals surface area contributed by atoms with Crippen molar-refractivity contribution in [3.63, 3.8) is 0 Å². The molecule has 21 heavy (non-hydrogen) atoms. The number of hydrogen-bond acceptors (Lipinski definition) is 2. The third kappa shape index (κ3) is 2.94. The van der Waals surface area contributed by atoms with Gasteiger partial charge in [-0.25, -0.2) is 13.2 Å². The summed E-state index contributed by atoms with van der Waals surface area (Å²) < 4.78 is 40.7.